The molecule has 138 valence electrons. The summed E-state index contributed by atoms with van der Waals surface area (Å²) < 4.78 is 11.2. The number of anilines is 1. The predicted molar refractivity (Wildman–Crippen MR) is 97.4 cm³/mol. The first-order chi connectivity index (χ1) is 11.7. The quantitative estimate of drug-likeness (QED) is 0.822. The fraction of sp³-hybridized carbons (Fsp3) is 0.684. The van der Waals surface area contributed by atoms with Crippen LogP contribution in [0.25, 0.3) is 0 Å². The number of carbonyl (C=O) groups excluding carboxylic acids is 1. The minimum Gasteiger partial charge on any atom is -0.478 e. The summed E-state index contributed by atoms with van der Waals surface area (Å²) in [6, 6.07) is 2.61. The molecule has 1 aromatic rings. The zero-order valence-corrected chi connectivity index (χ0v) is 16.1. The molecule has 25 heavy (non-hydrogen) atoms. The van der Waals surface area contributed by atoms with Gasteiger partial charge in [-0.3, -0.25) is 0 Å². The van der Waals surface area contributed by atoms with E-state index >= 15 is 0 Å². The second-order valence-electron chi connectivity index (χ2n) is 8.03. The fourth-order valence-electron chi connectivity index (χ4n) is 3.76. The minimum absolute atomic E-state index is 0.192. The number of aryl methyl sites for hydroxylation is 1. The predicted octanol–water partition coefficient (Wildman–Crippen LogP) is 3.16. The lowest BCUT2D eigenvalue weighted by atomic mass is 10.1. The van der Waals surface area contributed by atoms with E-state index in [9.17, 15) is 4.79 Å². The van der Waals surface area contributed by atoms with Crippen LogP contribution in [0, 0.1) is 6.92 Å². The molecule has 2 aliphatic heterocycles. The average Bonchev–Trinajstić information content (AvgIpc) is 2.83. The zero-order valence-electron chi connectivity index (χ0n) is 16.1. The molecule has 0 N–H and O–H groups in total. The number of fused-ring (bicyclic) bond motifs is 3. The van der Waals surface area contributed by atoms with Crippen molar-refractivity contribution in [3.63, 3.8) is 0 Å². The van der Waals surface area contributed by atoms with Gasteiger partial charge in [0.25, 0.3) is 0 Å². The number of rotatable bonds is 2. The Balaban J connectivity index is 1.80. The van der Waals surface area contributed by atoms with E-state index in [2.05, 4.69) is 17.9 Å². The van der Waals surface area contributed by atoms with Gasteiger partial charge in [-0.2, -0.15) is 4.98 Å². The standard InChI is InChI=1S/C19H29N3O3/c1-7-24-17-12(2)8-14-9-15-11-21(18(23)25-19(4,5)6)10-13(3)22(15)16(14)20-17/h8,13,15H,7,9-11H2,1-6H3/t13-,15-/m1/s1. The van der Waals surface area contributed by atoms with E-state index in [-0.39, 0.29) is 18.2 Å². The van der Waals surface area contributed by atoms with Crippen molar-refractivity contribution in [2.45, 2.75) is 65.6 Å². The molecule has 6 nitrogen and oxygen atoms in total. The maximum Gasteiger partial charge on any atom is 0.410 e. The van der Waals surface area contributed by atoms with Gasteiger partial charge in [0, 0.05) is 24.7 Å². The molecular formula is C19H29N3O3. The van der Waals surface area contributed by atoms with Crippen LogP contribution in [0.15, 0.2) is 6.07 Å². The van der Waals surface area contributed by atoms with Gasteiger partial charge >= 0.3 is 6.09 Å². The van der Waals surface area contributed by atoms with Gasteiger partial charge in [-0.05, 0) is 59.6 Å². The number of pyridine rings is 1. The van der Waals surface area contributed by atoms with E-state index in [0.717, 1.165) is 17.8 Å². The van der Waals surface area contributed by atoms with Crippen molar-refractivity contribution < 1.29 is 14.3 Å². The van der Waals surface area contributed by atoms with Crippen LogP contribution in [0.1, 0.15) is 45.7 Å². The first-order valence-electron chi connectivity index (χ1n) is 9.09. The second kappa shape index (κ2) is 6.39. The lowest BCUT2D eigenvalue weighted by Gasteiger charge is -2.43. The van der Waals surface area contributed by atoms with E-state index in [1.165, 1.54) is 5.56 Å². The molecule has 6 heteroatoms. The minimum atomic E-state index is -0.471. The molecule has 0 bridgehead atoms. The summed E-state index contributed by atoms with van der Waals surface area (Å²) in [5.74, 6) is 1.72. The average molecular weight is 347 g/mol. The topological polar surface area (TPSA) is 54.9 Å². The normalized spacial score (nSPS) is 22.5. The Hall–Kier alpha value is -1.98. The monoisotopic (exact) mass is 347 g/mol. The van der Waals surface area contributed by atoms with Crippen molar-refractivity contribution in [1.82, 2.24) is 9.88 Å². The first-order valence-corrected chi connectivity index (χ1v) is 9.09. The van der Waals surface area contributed by atoms with Crippen LogP contribution >= 0.6 is 0 Å². The molecule has 0 unspecified atom stereocenters. The van der Waals surface area contributed by atoms with Crippen LogP contribution < -0.4 is 9.64 Å². The summed E-state index contributed by atoms with van der Waals surface area (Å²) in [5.41, 5.74) is 1.84. The molecular weight excluding hydrogens is 318 g/mol. The van der Waals surface area contributed by atoms with Crippen LogP contribution in [0.2, 0.25) is 0 Å². The third kappa shape index (κ3) is 3.53. The van der Waals surface area contributed by atoms with Gasteiger partial charge in [0.15, 0.2) is 0 Å². The van der Waals surface area contributed by atoms with Crippen LogP contribution in [-0.2, 0) is 11.2 Å². The second-order valence-corrected chi connectivity index (χ2v) is 8.03. The molecule has 0 aromatic carbocycles. The Bertz CT molecular complexity index is 669. The largest absolute Gasteiger partial charge is 0.478 e. The van der Waals surface area contributed by atoms with Crippen molar-refractivity contribution >= 4 is 11.9 Å². The summed E-state index contributed by atoms with van der Waals surface area (Å²) in [6.07, 6.45) is 0.674. The molecule has 2 atom stereocenters. The third-order valence-corrected chi connectivity index (χ3v) is 4.64. The zero-order chi connectivity index (χ0) is 18.4. The molecule has 1 saturated heterocycles. The van der Waals surface area contributed by atoms with Crippen LogP contribution in [0.5, 0.6) is 5.88 Å². The van der Waals surface area contributed by atoms with Crippen LogP contribution in [-0.4, -0.2) is 53.4 Å². The number of piperazine rings is 1. The number of nitrogens with zero attached hydrogens (tertiary/aromatic N) is 3. The van der Waals surface area contributed by atoms with E-state index in [1.807, 2.05) is 39.5 Å². The van der Waals surface area contributed by atoms with Gasteiger partial charge in [0.2, 0.25) is 5.88 Å². The summed E-state index contributed by atoms with van der Waals surface area (Å²) in [7, 11) is 0. The highest BCUT2D eigenvalue weighted by atomic mass is 16.6. The number of ether oxygens (including phenoxy) is 2. The third-order valence-electron chi connectivity index (χ3n) is 4.64. The SMILES string of the molecule is CCOc1nc2c(cc1C)C[C@@H]1CN(C(=O)OC(C)(C)C)C[C@@H](C)N21. The number of hydrogen-bond acceptors (Lipinski definition) is 5. The molecule has 1 amide bonds. The molecule has 0 radical (unpaired) electrons. The van der Waals surface area contributed by atoms with Gasteiger partial charge in [-0.15, -0.1) is 0 Å². The highest BCUT2D eigenvalue weighted by molar-refractivity contribution is 5.69. The molecule has 2 aliphatic rings. The highest BCUT2D eigenvalue weighted by Crippen LogP contribution is 2.38. The fourth-order valence-corrected chi connectivity index (χ4v) is 3.76. The molecule has 0 aliphatic carbocycles. The Morgan fingerprint density at radius 2 is 2.08 bits per heavy atom. The number of aromatic nitrogens is 1. The lowest BCUT2D eigenvalue weighted by Crippen LogP contribution is -2.58. The van der Waals surface area contributed by atoms with E-state index < -0.39 is 5.60 Å². The van der Waals surface area contributed by atoms with Gasteiger partial charge < -0.3 is 19.3 Å². The summed E-state index contributed by atoms with van der Waals surface area (Å²) in [6.45, 7) is 13.8. The van der Waals surface area contributed by atoms with Gasteiger partial charge in [-0.25, -0.2) is 4.79 Å². The van der Waals surface area contributed by atoms with Crippen molar-refractivity contribution in [2.24, 2.45) is 0 Å². The van der Waals surface area contributed by atoms with Gasteiger partial charge in [0.05, 0.1) is 12.6 Å². The summed E-state index contributed by atoms with van der Waals surface area (Å²) >= 11 is 0. The maximum atomic E-state index is 12.5. The van der Waals surface area contributed by atoms with Crippen molar-refractivity contribution in [1.29, 1.82) is 0 Å². The van der Waals surface area contributed by atoms with Crippen molar-refractivity contribution in [3.05, 3.63) is 17.2 Å². The Kier molecular flexibility index (Phi) is 4.56. The highest BCUT2D eigenvalue weighted by Gasteiger charge is 2.41. The van der Waals surface area contributed by atoms with Gasteiger partial charge in [0.1, 0.15) is 11.4 Å². The Morgan fingerprint density at radius 3 is 2.72 bits per heavy atom. The first kappa shape index (κ1) is 17.8. The lowest BCUT2D eigenvalue weighted by molar-refractivity contribution is 0.0191. The van der Waals surface area contributed by atoms with E-state index in [4.69, 9.17) is 14.5 Å². The summed E-state index contributed by atoms with van der Waals surface area (Å²) in [4.78, 5) is 21.4. The molecule has 3 rings (SSSR count). The van der Waals surface area contributed by atoms with Crippen LogP contribution in [0.4, 0.5) is 10.6 Å². The van der Waals surface area contributed by atoms with E-state index in [1.54, 1.807) is 0 Å². The van der Waals surface area contributed by atoms with E-state index in [0.29, 0.717) is 25.6 Å². The van der Waals surface area contributed by atoms with Gasteiger partial charge in [-0.1, -0.05) is 0 Å². The molecule has 1 aromatic heterocycles. The van der Waals surface area contributed by atoms with Crippen LogP contribution in [0.3, 0.4) is 0 Å². The number of amides is 1. The number of carbonyl (C=O) groups is 1. The molecule has 0 saturated carbocycles. The van der Waals surface area contributed by atoms with Crippen molar-refractivity contribution in [2.75, 3.05) is 24.6 Å². The Labute approximate surface area is 150 Å². The molecule has 1 fully saturated rings. The maximum absolute atomic E-state index is 12.5. The van der Waals surface area contributed by atoms with Crippen molar-refractivity contribution in [3.8, 4) is 5.88 Å². The summed E-state index contributed by atoms with van der Waals surface area (Å²) in [5, 5.41) is 0. The molecule has 3 heterocycles. The number of hydrogen-bond donors (Lipinski definition) is 0. The Morgan fingerprint density at radius 1 is 1.36 bits per heavy atom. The molecule has 0 spiro atoms. The smallest absolute Gasteiger partial charge is 0.410 e.